The molecule has 84 valence electrons. The van der Waals surface area contributed by atoms with Gasteiger partial charge in [0.15, 0.2) is 5.78 Å². The summed E-state index contributed by atoms with van der Waals surface area (Å²) in [6.07, 6.45) is 3.49. The molecule has 0 spiro atoms. The molecular weight excluding hydrogens is 204 g/mol. The molecule has 0 amide bonds. The van der Waals surface area contributed by atoms with E-state index in [4.69, 9.17) is 0 Å². The van der Waals surface area contributed by atoms with Crippen LogP contribution in [0.3, 0.4) is 0 Å². The molecule has 0 aromatic heterocycles. The van der Waals surface area contributed by atoms with E-state index in [2.05, 4.69) is 4.74 Å². The maximum absolute atomic E-state index is 11.3. The van der Waals surface area contributed by atoms with E-state index in [0.29, 0.717) is 12.0 Å². The highest BCUT2D eigenvalue weighted by Gasteiger charge is 2.01. The van der Waals surface area contributed by atoms with Crippen molar-refractivity contribution in [1.82, 2.24) is 0 Å². The Morgan fingerprint density at radius 1 is 1.25 bits per heavy atom. The zero-order valence-electron chi connectivity index (χ0n) is 9.40. The largest absolute Gasteiger partial charge is 0.466 e. The summed E-state index contributed by atoms with van der Waals surface area (Å²) in [5.74, 6) is -0.280. The van der Waals surface area contributed by atoms with Crippen molar-refractivity contribution in [2.45, 2.75) is 13.3 Å². The first-order valence-electron chi connectivity index (χ1n) is 5.06. The number of ether oxygens (including phenoxy) is 1. The summed E-state index contributed by atoms with van der Waals surface area (Å²) in [5, 5.41) is 0. The van der Waals surface area contributed by atoms with E-state index >= 15 is 0 Å². The molecular formula is C13H14O3. The van der Waals surface area contributed by atoms with Crippen molar-refractivity contribution < 1.29 is 14.3 Å². The van der Waals surface area contributed by atoms with Crippen molar-refractivity contribution in [1.29, 1.82) is 0 Å². The van der Waals surface area contributed by atoms with E-state index in [1.165, 1.54) is 13.2 Å². The number of esters is 1. The van der Waals surface area contributed by atoms with Crippen LogP contribution >= 0.6 is 0 Å². The molecule has 3 nitrogen and oxygen atoms in total. The van der Waals surface area contributed by atoms with Crippen molar-refractivity contribution in [3.63, 3.8) is 0 Å². The SMILES string of the molecule is CCC(=O)c1ccc(C=CC(=O)OC)cc1. The number of benzene rings is 1. The zero-order chi connectivity index (χ0) is 12.0. The zero-order valence-corrected chi connectivity index (χ0v) is 9.40. The molecule has 0 aliphatic heterocycles. The Bertz CT molecular complexity index is 402. The average Bonchev–Trinajstić information content (AvgIpc) is 2.35. The van der Waals surface area contributed by atoms with E-state index in [9.17, 15) is 9.59 Å². The van der Waals surface area contributed by atoms with Gasteiger partial charge in [-0.3, -0.25) is 4.79 Å². The molecule has 0 aliphatic carbocycles. The average molecular weight is 218 g/mol. The first-order chi connectivity index (χ1) is 7.67. The van der Waals surface area contributed by atoms with Crippen molar-refractivity contribution >= 4 is 17.8 Å². The third kappa shape index (κ3) is 3.35. The van der Waals surface area contributed by atoms with Gasteiger partial charge in [0, 0.05) is 18.1 Å². The van der Waals surface area contributed by atoms with E-state index in [1.54, 1.807) is 30.3 Å². The van der Waals surface area contributed by atoms with Crippen LogP contribution in [0.1, 0.15) is 29.3 Å². The highest BCUT2D eigenvalue weighted by Crippen LogP contribution is 2.08. The Morgan fingerprint density at radius 2 is 1.88 bits per heavy atom. The monoisotopic (exact) mass is 218 g/mol. The Morgan fingerprint density at radius 3 is 2.38 bits per heavy atom. The minimum absolute atomic E-state index is 0.114. The summed E-state index contributed by atoms with van der Waals surface area (Å²) in [6, 6.07) is 7.09. The Kier molecular flexibility index (Phi) is 4.45. The molecule has 1 aromatic carbocycles. The highest BCUT2D eigenvalue weighted by atomic mass is 16.5. The molecule has 1 aromatic rings. The second kappa shape index (κ2) is 5.85. The molecule has 0 bridgehead atoms. The molecule has 0 aliphatic rings. The summed E-state index contributed by atoms with van der Waals surface area (Å²) >= 11 is 0. The molecule has 0 radical (unpaired) electrons. The smallest absolute Gasteiger partial charge is 0.330 e. The second-order valence-corrected chi connectivity index (χ2v) is 3.26. The quantitative estimate of drug-likeness (QED) is 0.443. The predicted octanol–water partition coefficient (Wildman–Crippen LogP) is 2.47. The van der Waals surface area contributed by atoms with Gasteiger partial charge in [0.1, 0.15) is 0 Å². The summed E-state index contributed by atoms with van der Waals surface area (Å²) < 4.78 is 4.47. The van der Waals surface area contributed by atoms with Crippen LogP contribution in [-0.2, 0) is 9.53 Å². The summed E-state index contributed by atoms with van der Waals surface area (Å²) in [5.41, 5.74) is 1.55. The molecule has 1 rings (SSSR count). The molecule has 0 unspecified atom stereocenters. The van der Waals surface area contributed by atoms with Crippen LogP contribution in [0.25, 0.3) is 6.08 Å². The maximum Gasteiger partial charge on any atom is 0.330 e. The van der Waals surface area contributed by atoms with Gasteiger partial charge < -0.3 is 4.74 Å². The summed E-state index contributed by atoms with van der Waals surface area (Å²) in [6.45, 7) is 1.83. The molecule has 0 fully saturated rings. The van der Waals surface area contributed by atoms with E-state index in [-0.39, 0.29) is 5.78 Å². The third-order valence-electron chi connectivity index (χ3n) is 2.17. The summed E-state index contributed by atoms with van der Waals surface area (Å²) in [4.78, 5) is 22.2. The Balaban J connectivity index is 2.75. The second-order valence-electron chi connectivity index (χ2n) is 3.26. The van der Waals surface area contributed by atoms with Gasteiger partial charge in [-0.2, -0.15) is 0 Å². The number of hydrogen-bond donors (Lipinski definition) is 0. The van der Waals surface area contributed by atoms with Crippen LogP contribution in [0.2, 0.25) is 0 Å². The first-order valence-corrected chi connectivity index (χ1v) is 5.06. The summed E-state index contributed by atoms with van der Waals surface area (Å²) in [7, 11) is 1.33. The molecule has 0 atom stereocenters. The lowest BCUT2D eigenvalue weighted by molar-refractivity contribution is -0.134. The number of Topliss-reactive ketones (excluding diaryl/α,β-unsaturated/α-hetero) is 1. The highest BCUT2D eigenvalue weighted by molar-refractivity contribution is 5.96. The molecule has 0 heterocycles. The van der Waals surface area contributed by atoms with Gasteiger partial charge in [0.25, 0.3) is 0 Å². The Labute approximate surface area is 94.7 Å². The third-order valence-corrected chi connectivity index (χ3v) is 2.17. The first kappa shape index (κ1) is 12.2. The van der Waals surface area contributed by atoms with Gasteiger partial charge in [-0.1, -0.05) is 31.2 Å². The van der Waals surface area contributed by atoms with Gasteiger partial charge in [-0.15, -0.1) is 0 Å². The number of carbonyl (C=O) groups is 2. The van der Waals surface area contributed by atoms with Crippen LogP contribution in [-0.4, -0.2) is 18.9 Å². The molecule has 0 saturated carbocycles. The Hall–Kier alpha value is -1.90. The molecule has 0 N–H and O–H groups in total. The fourth-order valence-electron chi connectivity index (χ4n) is 1.22. The van der Waals surface area contributed by atoms with Crippen LogP contribution in [0.15, 0.2) is 30.3 Å². The lowest BCUT2D eigenvalue weighted by atomic mass is 10.1. The van der Waals surface area contributed by atoms with Gasteiger partial charge in [0.2, 0.25) is 0 Å². The van der Waals surface area contributed by atoms with Crippen molar-refractivity contribution in [3.05, 3.63) is 41.5 Å². The lowest BCUT2D eigenvalue weighted by Gasteiger charge is -1.98. The number of methoxy groups -OCH3 is 1. The molecule has 16 heavy (non-hydrogen) atoms. The van der Waals surface area contributed by atoms with Crippen LogP contribution in [0.5, 0.6) is 0 Å². The van der Waals surface area contributed by atoms with Crippen LogP contribution < -0.4 is 0 Å². The van der Waals surface area contributed by atoms with Crippen molar-refractivity contribution in [2.75, 3.05) is 7.11 Å². The number of carbonyl (C=O) groups excluding carboxylic acids is 2. The van der Waals surface area contributed by atoms with E-state index in [0.717, 1.165) is 5.56 Å². The maximum atomic E-state index is 11.3. The number of ketones is 1. The van der Waals surface area contributed by atoms with E-state index in [1.807, 2.05) is 6.92 Å². The van der Waals surface area contributed by atoms with Crippen molar-refractivity contribution in [2.24, 2.45) is 0 Å². The minimum atomic E-state index is -0.395. The fourth-order valence-corrected chi connectivity index (χ4v) is 1.22. The predicted molar refractivity (Wildman–Crippen MR) is 62.1 cm³/mol. The minimum Gasteiger partial charge on any atom is -0.466 e. The number of rotatable bonds is 4. The normalized spacial score (nSPS) is 10.4. The molecule has 0 saturated heterocycles. The van der Waals surface area contributed by atoms with Crippen LogP contribution in [0, 0.1) is 0 Å². The lowest BCUT2D eigenvalue weighted by Crippen LogP contribution is -1.96. The van der Waals surface area contributed by atoms with Crippen molar-refractivity contribution in [3.8, 4) is 0 Å². The van der Waals surface area contributed by atoms with Crippen LogP contribution in [0.4, 0.5) is 0 Å². The van der Waals surface area contributed by atoms with Gasteiger partial charge in [-0.05, 0) is 11.6 Å². The number of hydrogen-bond acceptors (Lipinski definition) is 3. The standard InChI is InChI=1S/C13H14O3/c1-3-12(14)11-7-4-10(5-8-11)6-9-13(15)16-2/h4-9H,3H2,1-2H3. The van der Waals surface area contributed by atoms with Gasteiger partial charge in [0.05, 0.1) is 7.11 Å². The molecule has 3 heteroatoms. The van der Waals surface area contributed by atoms with Gasteiger partial charge in [-0.25, -0.2) is 4.79 Å². The fraction of sp³-hybridized carbons (Fsp3) is 0.231. The topological polar surface area (TPSA) is 43.4 Å². The van der Waals surface area contributed by atoms with E-state index < -0.39 is 5.97 Å². The van der Waals surface area contributed by atoms with Gasteiger partial charge >= 0.3 is 5.97 Å².